The van der Waals surface area contributed by atoms with Gasteiger partial charge in [0.2, 0.25) is 5.91 Å². The molecule has 3 rings (SSSR count). The first-order valence-corrected chi connectivity index (χ1v) is 9.08. The van der Waals surface area contributed by atoms with Gasteiger partial charge in [-0.05, 0) is 37.5 Å². The van der Waals surface area contributed by atoms with Crippen LogP contribution in [0.5, 0.6) is 0 Å². The largest absolute Gasteiger partial charge is 0.352 e. The number of nitrogens with zero attached hydrogens (tertiary/aromatic N) is 1. The normalized spacial score (nSPS) is 27.4. The molecule has 19 heavy (non-hydrogen) atoms. The zero-order chi connectivity index (χ0) is 13.5. The smallest absolute Gasteiger partial charge is 0.234 e. The van der Waals surface area contributed by atoms with Crippen molar-refractivity contribution in [3.63, 3.8) is 0 Å². The van der Waals surface area contributed by atoms with E-state index in [4.69, 9.17) is 0 Å². The van der Waals surface area contributed by atoms with Gasteiger partial charge in [-0.15, -0.1) is 0 Å². The molecule has 0 aromatic rings. The van der Waals surface area contributed by atoms with Crippen LogP contribution in [0.3, 0.4) is 0 Å². The highest BCUT2D eigenvalue weighted by Gasteiger charge is 2.42. The van der Waals surface area contributed by atoms with Crippen molar-refractivity contribution in [2.75, 3.05) is 31.1 Å². The second kappa shape index (κ2) is 5.05. The van der Waals surface area contributed by atoms with Crippen LogP contribution in [0.1, 0.15) is 25.7 Å². The second-order valence-electron chi connectivity index (χ2n) is 6.20. The van der Waals surface area contributed by atoms with Crippen LogP contribution in [-0.4, -0.2) is 56.4 Å². The number of carbonyl (C=O) groups is 1. The Labute approximate surface area is 114 Å². The molecule has 2 aliphatic carbocycles. The molecule has 3 aliphatic rings. The summed E-state index contributed by atoms with van der Waals surface area (Å²) in [6.45, 7) is 1.34. The molecule has 1 N–H and O–H groups in total. The zero-order valence-corrected chi connectivity index (χ0v) is 12.0. The third kappa shape index (κ3) is 3.69. The van der Waals surface area contributed by atoms with Crippen molar-refractivity contribution in [1.82, 2.24) is 10.2 Å². The lowest BCUT2D eigenvalue weighted by atomic mass is 10.1. The molecule has 0 aromatic carbocycles. The maximum Gasteiger partial charge on any atom is 0.234 e. The number of hydrogen-bond acceptors (Lipinski definition) is 4. The molecule has 0 atom stereocenters. The van der Waals surface area contributed by atoms with E-state index in [9.17, 15) is 13.2 Å². The predicted molar refractivity (Wildman–Crippen MR) is 72.5 cm³/mol. The monoisotopic (exact) mass is 286 g/mol. The molecule has 0 radical (unpaired) electrons. The molecule has 3 fully saturated rings. The van der Waals surface area contributed by atoms with E-state index in [1.807, 2.05) is 4.90 Å². The fourth-order valence-electron chi connectivity index (χ4n) is 2.87. The Morgan fingerprint density at radius 1 is 1.11 bits per heavy atom. The first-order valence-electron chi connectivity index (χ1n) is 7.26. The highest BCUT2D eigenvalue weighted by Crippen LogP contribution is 2.44. The predicted octanol–water partition coefficient (Wildman–Crippen LogP) is 0.0216. The van der Waals surface area contributed by atoms with E-state index in [-0.39, 0.29) is 17.4 Å². The highest BCUT2D eigenvalue weighted by molar-refractivity contribution is 7.91. The minimum Gasteiger partial charge on any atom is -0.352 e. The Morgan fingerprint density at radius 3 is 2.11 bits per heavy atom. The summed E-state index contributed by atoms with van der Waals surface area (Å²) >= 11 is 0. The first kappa shape index (κ1) is 13.4. The van der Waals surface area contributed by atoms with Crippen LogP contribution in [0, 0.1) is 11.8 Å². The van der Waals surface area contributed by atoms with E-state index < -0.39 is 9.84 Å². The summed E-state index contributed by atoms with van der Waals surface area (Å²) in [4.78, 5) is 14.0. The number of sulfone groups is 1. The molecule has 0 aromatic heterocycles. The summed E-state index contributed by atoms with van der Waals surface area (Å²) in [5, 5.41) is 3.18. The third-order valence-electron chi connectivity index (χ3n) is 4.39. The van der Waals surface area contributed by atoms with E-state index in [1.165, 1.54) is 25.7 Å². The Morgan fingerprint density at radius 2 is 1.63 bits per heavy atom. The van der Waals surface area contributed by atoms with Crippen molar-refractivity contribution < 1.29 is 13.2 Å². The SMILES string of the molecule is O=C(CN1CCS(=O)(=O)CC1)NC(C1CC1)C1CC1. The van der Waals surface area contributed by atoms with Crippen LogP contribution in [0.4, 0.5) is 0 Å². The van der Waals surface area contributed by atoms with Crippen molar-refractivity contribution in [1.29, 1.82) is 0 Å². The lowest BCUT2D eigenvalue weighted by Gasteiger charge is -2.27. The van der Waals surface area contributed by atoms with Gasteiger partial charge in [-0.2, -0.15) is 0 Å². The van der Waals surface area contributed by atoms with Crippen LogP contribution in [0.2, 0.25) is 0 Å². The number of amides is 1. The summed E-state index contributed by atoms with van der Waals surface area (Å²) in [5.74, 6) is 1.86. The van der Waals surface area contributed by atoms with Gasteiger partial charge in [0.05, 0.1) is 18.1 Å². The van der Waals surface area contributed by atoms with Gasteiger partial charge >= 0.3 is 0 Å². The fourth-order valence-corrected chi connectivity index (χ4v) is 4.15. The topological polar surface area (TPSA) is 66.5 Å². The lowest BCUT2D eigenvalue weighted by Crippen LogP contribution is -2.48. The molecular weight excluding hydrogens is 264 g/mol. The average Bonchev–Trinajstić information content (AvgIpc) is 3.22. The molecule has 0 spiro atoms. The van der Waals surface area contributed by atoms with E-state index >= 15 is 0 Å². The lowest BCUT2D eigenvalue weighted by molar-refractivity contribution is -0.123. The van der Waals surface area contributed by atoms with Crippen LogP contribution in [0.25, 0.3) is 0 Å². The molecule has 2 saturated carbocycles. The van der Waals surface area contributed by atoms with Crippen LogP contribution >= 0.6 is 0 Å². The maximum absolute atomic E-state index is 12.0. The average molecular weight is 286 g/mol. The van der Waals surface area contributed by atoms with Crippen molar-refractivity contribution in [2.45, 2.75) is 31.7 Å². The molecule has 0 unspecified atom stereocenters. The van der Waals surface area contributed by atoms with Crippen molar-refractivity contribution in [3.05, 3.63) is 0 Å². The number of rotatable bonds is 5. The molecule has 108 valence electrons. The summed E-state index contributed by atoms with van der Waals surface area (Å²) in [6.07, 6.45) is 5.01. The third-order valence-corrected chi connectivity index (χ3v) is 6.00. The van der Waals surface area contributed by atoms with Crippen molar-refractivity contribution >= 4 is 15.7 Å². The van der Waals surface area contributed by atoms with Crippen molar-refractivity contribution in [2.24, 2.45) is 11.8 Å². The van der Waals surface area contributed by atoms with Gasteiger partial charge < -0.3 is 5.32 Å². The van der Waals surface area contributed by atoms with Crippen LogP contribution in [-0.2, 0) is 14.6 Å². The van der Waals surface area contributed by atoms with Gasteiger partial charge in [-0.3, -0.25) is 9.69 Å². The summed E-state index contributed by atoms with van der Waals surface area (Å²) in [5.41, 5.74) is 0. The zero-order valence-electron chi connectivity index (χ0n) is 11.2. The molecule has 1 amide bonds. The molecule has 6 heteroatoms. The minimum atomic E-state index is -2.85. The Hall–Kier alpha value is -0.620. The van der Waals surface area contributed by atoms with E-state index in [1.54, 1.807) is 0 Å². The number of nitrogens with one attached hydrogen (secondary N) is 1. The van der Waals surface area contributed by atoms with Gasteiger partial charge in [-0.25, -0.2) is 8.42 Å². The quantitative estimate of drug-likeness (QED) is 0.774. The molecular formula is C13H22N2O3S. The van der Waals surface area contributed by atoms with Gasteiger partial charge in [0.1, 0.15) is 0 Å². The molecule has 5 nitrogen and oxygen atoms in total. The van der Waals surface area contributed by atoms with Crippen molar-refractivity contribution in [3.8, 4) is 0 Å². The molecule has 0 bridgehead atoms. The van der Waals surface area contributed by atoms with E-state index in [0.29, 0.717) is 37.5 Å². The molecule has 1 heterocycles. The second-order valence-corrected chi connectivity index (χ2v) is 8.50. The van der Waals surface area contributed by atoms with Gasteiger partial charge in [-0.1, -0.05) is 0 Å². The Bertz CT molecular complexity index is 429. The summed E-state index contributed by atoms with van der Waals surface area (Å²) in [6, 6.07) is 0.390. The number of hydrogen-bond donors (Lipinski definition) is 1. The fraction of sp³-hybridized carbons (Fsp3) is 0.923. The van der Waals surface area contributed by atoms with E-state index in [0.717, 1.165) is 0 Å². The van der Waals surface area contributed by atoms with Crippen LogP contribution in [0.15, 0.2) is 0 Å². The van der Waals surface area contributed by atoms with E-state index in [2.05, 4.69) is 5.32 Å². The summed E-state index contributed by atoms with van der Waals surface area (Å²) < 4.78 is 22.7. The first-order chi connectivity index (χ1) is 9.03. The summed E-state index contributed by atoms with van der Waals surface area (Å²) in [7, 11) is -2.85. The number of carbonyl (C=O) groups excluding carboxylic acids is 1. The van der Waals surface area contributed by atoms with Gasteiger partial charge in [0.25, 0.3) is 0 Å². The Balaban J connectivity index is 1.46. The molecule has 1 aliphatic heterocycles. The standard InChI is InChI=1S/C13H22N2O3S/c16-12(9-15-5-7-19(17,18)8-6-15)14-13(10-1-2-10)11-3-4-11/h10-11,13H,1-9H2,(H,14,16). The van der Waals surface area contributed by atoms with Gasteiger partial charge in [0, 0.05) is 19.1 Å². The molecule has 1 saturated heterocycles. The van der Waals surface area contributed by atoms with Crippen LogP contribution < -0.4 is 5.32 Å². The minimum absolute atomic E-state index is 0.0723. The highest BCUT2D eigenvalue weighted by atomic mass is 32.2. The Kier molecular flexibility index (Phi) is 3.55. The van der Waals surface area contributed by atoms with Gasteiger partial charge in [0.15, 0.2) is 9.84 Å². The maximum atomic E-state index is 12.0.